The Morgan fingerprint density at radius 3 is 2.13 bits per heavy atom. The number of aryl methyl sites for hydroxylation is 2. The maximum atomic E-state index is 9.97. The van der Waals surface area contributed by atoms with Gasteiger partial charge in [0.1, 0.15) is 12.6 Å². The molecule has 6 aromatic rings. The molecule has 2 aromatic heterocycles. The van der Waals surface area contributed by atoms with Crippen LogP contribution in [0.2, 0.25) is 0 Å². The van der Waals surface area contributed by atoms with Crippen LogP contribution in [0.3, 0.4) is 0 Å². The van der Waals surface area contributed by atoms with Gasteiger partial charge in [0.15, 0.2) is 11.8 Å². The van der Waals surface area contributed by atoms with Crippen LogP contribution in [-0.2, 0) is 12.5 Å². The molecule has 0 radical (unpaired) electrons. The maximum absolute atomic E-state index is 9.97. The van der Waals surface area contributed by atoms with E-state index in [-0.39, 0.29) is 5.41 Å². The monoisotopic (exact) mass is 507 g/mol. The van der Waals surface area contributed by atoms with E-state index < -0.39 is 0 Å². The summed E-state index contributed by atoms with van der Waals surface area (Å²) in [6.45, 7) is 8.77. The van der Waals surface area contributed by atoms with Crippen LogP contribution in [0.15, 0.2) is 102 Å². The number of fused-ring (bicyclic) bond motifs is 3. The number of nitriles is 1. The van der Waals surface area contributed by atoms with Gasteiger partial charge in [-0.25, -0.2) is 4.57 Å². The molecule has 2 heterocycles. The van der Waals surface area contributed by atoms with Crippen LogP contribution in [0.1, 0.15) is 37.5 Å². The largest absolute Gasteiger partial charge is 0.455 e. The third-order valence-electron chi connectivity index (χ3n) is 7.65. The van der Waals surface area contributed by atoms with Crippen molar-refractivity contribution in [3.63, 3.8) is 0 Å². The number of furan rings is 1. The van der Waals surface area contributed by atoms with E-state index in [0.29, 0.717) is 5.56 Å². The summed E-state index contributed by atoms with van der Waals surface area (Å²) in [5.74, 6) is 0. The Hall–Kier alpha value is -4.68. The summed E-state index contributed by atoms with van der Waals surface area (Å²) in [5.41, 5.74) is 11.3. The summed E-state index contributed by atoms with van der Waals surface area (Å²) in [6.07, 6.45) is 2.03. The minimum Gasteiger partial charge on any atom is -0.455 e. The van der Waals surface area contributed by atoms with Gasteiger partial charge in [0, 0.05) is 22.9 Å². The molecule has 39 heavy (non-hydrogen) atoms. The summed E-state index contributed by atoms with van der Waals surface area (Å²) in [7, 11) is 2.03. The summed E-state index contributed by atoms with van der Waals surface area (Å²) in [4.78, 5) is 0. The van der Waals surface area contributed by atoms with E-state index in [1.807, 2.05) is 38.4 Å². The highest BCUT2D eigenvalue weighted by molar-refractivity contribution is 6.13. The lowest BCUT2D eigenvalue weighted by Crippen LogP contribution is -2.30. The van der Waals surface area contributed by atoms with Crippen LogP contribution in [0.4, 0.5) is 0 Å². The van der Waals surface area contributed by atoms with Crippen LogP contribution in [-0.4, -0.2) is 0 Å². The third-order valence-corrected chi connectivity index (χ3v) is 7.65. The topological polar surface area (TPSA) is 40.8 Å². The molecule has 0 amide bonds. The van der Waals surface area contributed by atoms with Crippen molar-refractivity contribution < 1.29 is 8.98 Å². The van der Waals surface area contributed by atoms with Gasteiger partial charge in [-0.3, -0.25) is 0 Å². The molecular weight excluding hydrogens is 476 g/mol. The van der Waals surface area contributed by atoms with Crippen molar-refractivity contribution in [2.75, 3.05) is 0 Å². The molecule has 0 N–H and O–H groups in total. The van der Waals surface area contributed by atoms with Gasteiger partial charge in [0.25, 0.3) is 0 Å². The van der Waals surface area contributed by atoms with Crippen LogP contribution in [0, 0.1) is 18.3 Å². The molecule has 0 saturated carbocycles. The van der Waals surface area contributed by atoms with Gasteiger partial charge >= 0.3 is 0 Å². The van der Waals surface area contributed by atoms with Gasteiger partial charge in [-0.1, -0.05) is 75.4 Å². The lowest BCUT2D eigenvalue weighted by molar-refractivity contribution is -0.660. The molecule has 0 unspecified atom stereocenters. The number of benzene rings is 4. The Morgan fingerprint density at radius 1 is 0.769 bits per heavy atom. The summed E-state index contributed by atoms with van der Waals surface area (Å²) >= 11 is 0. The molecule has 0 aliphatic rings. The van der Waals surface area contributed by atoms with Crippen LogP contribution in [0.25, 0.3) is 55.4 Å². The Bertz CT molecular complexity index is 1910. The second-order valence-electron chi connectivity index (χ2n) is 11.3. The molecule has 0 spiro atoms. The standard InChI is InChI=1S/C36H31N2O/c1-23-19-28(22-37)34-30-17-16-27(21-32(30)39-35(34)33(23)31-11-6-7-18-38(31)5)25-14-12-24(13-15-25)26-9-8-10-29(20-26)36(2,3)4/h6-21H,1-5H3/q+1. The number of pyridine rings is 1. The van der Waals surface area contributed by atoms with Crippen LogP contribution in [0.5, 0.6) is 0 Å². The second-order valence-corrected chi connectivity index (χ2v) is 11.3. The van der Waals surface area contributed by atoms with Gasteiger partial charge in [0.2, 0.25) is 5.69 Å². The van der Waals surface area contributed by atoms with Crippen molar-refractivity contribution in [3.05, 3.63) is 114 Å². The molecule has 3 heteroatoms. The zero-order chi connectivity index (χ0) is 27.3. The second kappa shape index (κ2) is 9.26. The van der Waals surface area contributed by atoms with Crippen molar-refractivity contribution >= 4 is 21.9 Å². The average molecular weight is 508 g/mol. The van der Waals surface area contributed by atoms with E-state index in [9.17, 15) is 5.26 Å². The highest BCUT2D eigenvalue weighted by atomic mass is 16.3. The van der Waals surface area contributed by atoms with E-state index in [1.165, 1.54) is 16.7 Å². The molecule has 3 nitrogen and oxygen atoms in total. The van der Waals surface area contributed by atoms with Gasteiger partial charge in [0.05, 0.1) is 17.2 Å². The molecule has 0 fully saturated rings. The Labute approximate surface area is 229 Å². The average Bonchev–Trinajstić information content (AvgIpc) is 3.31. The van der Waals surface area contributed by atoms with Gasteiger partial charge in [-0.15, -0.1) is 0 Å². The Kier molecular flexibility index (Phi) is 5.85. The van der Waals surface area contributed by atoms with Crippen molar-refractivity contribution in [1.29, 1.82) is 5.26 Å². The Balaban J connectivity index is 1.46. The number of rotatable bonds is 3. The molecular formula is C36H31N2O+. The minimum atomic E-state index is 0.111. The van der Waals surface area contributed by atoms with Crippen molar-refractivity contribution in [1.82, 2.24) is 0 Å². The van der Waals surface area contributed by atoms with E-state index in [0.717, 1.165) is 49.9 Å². The van der Waals surface area contributed by atoms with Gasteiger partial charge in [-0.2, -0.15) is 5.26 Å². The normalized spacial score (nSPS) is 11.7. The molecule has 6 rings (SSSR count). The minimum absolute atomic E-state index is 0.111. The predicted molar refractivity (Wildman–Crippen MR) is 159 cm³/mol. The zero-order valence-corrected chi connectivity index (χ0v) is 23.0. The quantitative estimate of drug-likeness (QED) is 0.224. The van der Waals surface area contributed by atoms with Crippen molar-refractivity contribution in [2.24, 2.45) is 7.05 Å². The molecule has 0 bridgehead atoms. The molecule has 0 saturated heterocycles. The highest BCUT2D eigenvalue weighted by Gasteiger charge is 2.23. The molecule has 0 aliphatic carbocycles. The number of aromatic nitrogens is 1. The number of hydrogen-bond acceptors (Lipinski definition) is 2. The number of nitrogens with zero attached hydrogens (tertiary/aromatic N) is 2. The van der Waals surface area contributed by atoms with Crippen LogP contribution >= 0.6 is 0 Å². The smallest absolute Gasteiger partial charge is 0.216 e. The SMILES string of the molecule is Cc1cc(C#N)c2c(oc3cc(-c4ccc(-c5cccc(C(C)(C)C)c5)cc4)ccc32)c1-c1cccc[n+]1C. The summed E-state index contributed by atoms with van der Waals surface area (Å²) in [5, 5.41) is 11.8. The number of hydrogen-bond donors (Lipinski definition) is 0. The fourth-order valence-corrected chi connectivity index (χ4v) is 5.47. The van der Waals surface area contributed by atoms with Gasteiger partial charge in [-0.05, 0) is 70.0 Å². The van der Waals surface area contributed by atoms with Crippen LogP contribution < -0.4 is 4.57 Å². The maximum Gasteiger partial charge on any atom is 0.216 e. The zero-order valence-electron chi connectivity index (χ0n) is 23.0. The third kappa shape index (κ3) is 4.29. The first-order valence-corrected chi connectivity index (χ1v) is 13.3. The first kappa shape index (κ1) is 24.6. The fraction of sp³-hybridized carbons (Fsp3) is 0.167. The fourth-order valence-electron chi connectivity index (χ4n) is 5.47. The van der Waals surface area contributed by atoms with Crippen molar-refractivity contribution in [2.45, 2.75) is 33.1 Å². The van der Waals surface area contributed by atoms with E-state index in [4.69, 9.17) is 4.42 Å². The van der Waals surface area contributed by atoms with E-state index >= 15 is 0 Å². The molecule has 4 aromatic carbocycles. The lowest BCUT2D eigenvalue weighted by atomic mass is 9.85. The first-order chi connectivity index (χ1) is 18.7. The van der Waals surface area contributed by atoms with Gasteiger partial charge < -0.3 is 4.42 Å². The highest BCUT2D eigenvalue weighted by Crippen LogP contribution is 2.40. The lowest BCUT2D eigenvalue weighted by Gasteiger charge is -2.19. The summed E-state index contributed by atoms with van der Waals surface area (Å²) < 4.78 is 8.64. The molecule has 190 valence electrons. The molecule has 0 atom stereocenters. The predicted octanol–water partition coefficient (Wildman–Crippen LogP) is 8.89. The van der Waals surface area contributed by atoms with E-state index in [2.05, 4.69) is 104 Å². The summed E-state index contributed by atoms with van der Waals surface area (Å²) in [6, 6.07) is 34.3. The van der Waals surface area contributed by atoms with E-state index in [1.54, 1.807) is 0 Å². The Morgan fingerprint density at radius 2 is 1.46 bits per heavy atom. The molecule has 0 aliphatic heterocycles. The van der Waals surface area contributed by atoms with Crippen molar-refractivity contribution in [3.8, 4) is 39.6 Å². The first-order valence-electron chi connectivity index (χ1n) is 13.3.